The van der Waals surface area contributed by atoms with Crippen molar-refractivity contribution >= 4 is 57.9 Å². The van der Waals surface area contributed by atoms with Crippen molar-refractivity contribution in [3.05, 3.63) is 73.7 Å². The van der Waals surface area contributed by atoms with E-state index in [4.69, 9.17) is 11.6 Å². The largest absolute Gasteiger partial charge is 0.378 e. The van der Waals surface area contributed by atoms with Gasteiger partial charge in [0, 0.05) is 40.9 Å². The highest BCUT2D eigenvalue weighted by atomic mass is 35.5. The summed E-state index contributed by atoms with van der Waals surface area (Å²) in [5.41, 5.74) is 2.88. The van der Waals surface area contributed by atoms with E-state index >= 15 is 0 Å². The van der Waals surface area contributed by atoms with Gasteiger partial charge in [0.1, 0.15) is 0 Å². The molecule has 2 aliphatic heterocycles. The maximum Gasteiger partial charge on any atom is 0.305 e. The first kappa shape index (κ1) is 22.6. The zero-order chi connectivity index (χ0) is 24.9. The van der Waals surface area contributed by atoms with Gasteiger partial charge in [0.05, 0.1) is 22.5 Å². The molecule has 4 aliphatic rings. The first-order valence-electron chi connectivity index (χ1n) is 12.1. The Hall–Kier alpha value is -2.55. The van der Waals surface area contributed by atoms with Crippen LogP contribution < -0.4 is 14.7 Å². The topological polar surface area (TPSA) is 73.5 Å². The van der Waals surface area contributed by atoms with Crippen LogP contribution >= 0.6 is 34.7 Å². The second-order valence-corrected chi connectivity index (χ2v) is 13.1. The summed E-state index contributed by atoms with van der Waals surface area (Å²) in [6.07, 6.45) is 0.884. The van der Waals surface area contributed by atoms with E-state index in [0.717, 1.165) is 22.0 Å². The van der Waals surface area contributed by atoms with Gasteiger partial charge in [0.25, 0.3) is 0 Å². The first-order valence-corrected chi connectivity index (χ1v) is 14.2. The fraction of sp³-hybridized carbons (Fsp3) is 0.370. The first-order chi connectivity index (χ1) is 17.3. The molecule has 2 bridgehead atoms. The number of halogens is 1. The Labute approximate surface area is 221 Å². The van der Waals surface area contributed by atoms with Gasteiger partial charge in [-0.25, -0.2) is 0 Å². The number of aromatic amines is 1. The number of hydrogen-bond acceptors (Lipinski definition) is 6. The summed E-state index contributed by atoms with van der Waals surface area (Å²) >= 11 is 9.06. The molecule has 2 saturated carbocycles. The molecule has 6 nitrogen and oxygen atoms in total. The molecule has 3 aromatic rings. The fourth-order valence-corrected chi connectivity index (χ4v) is 10.2. The second-order valence-electron chi connectivity index (χ2n) is 10.4. The van der Waals surface area contributed by atoms with Gasteiger partial charge in [-0.3, -0.25) is 19.3 Å². The quantitative estimate of drug-likeness (QED) is 0.484. The number of hydrogen-bond donors (Lipinski definition) is 1. The molecule has 0 unspecified atom stereocenters. The molecular formula is C27H24ClN3O3S2. The molecule has 1 aromatic heterocycles. The number of amides is 2. The highest BCUT2D eigenvalue weighted by Crippen LogP contribution is 2.68. The average Bonchev–Trinajstić information content (AvgIpc) is 3.59. The van der Waals surface area contributed by atoms with Gasteiger partial charge in [-0.05, 0) is 66.1 Å². The van der Waals surface area contributed by atoms with E-state index in [1.54, 1.807) is 36.0 Å². The van der Waals surface area contributed by atoms with Gasteiger partial charge in [-0.1, -0.05) is 35.1 Å². The van der Waals surface area contributed by atoms with Crippen molar-refractivity contribution in [1.82, 2.24) is 4.98 Å². The van der Waals surface area contributed by atoms with Gasteiger partial charge < -0.3 is 9.88 Å². The van der Waals surface area contributed by atoms with Crippen LogP contribution in [0.25, 0.3) is 0 Å². The number of aromatic nitrogens is 1. The number of H-pyrrole nitrogens is 1. The molecule has 184 valence electrons. The molecule has 2 aromatic carbocycles. The number of fused-ring (bicyclic) bond motifs is 9. The Balaban J connectivity index is 1.31. The highest BCUT2D eigenvalue weighted by Gasteiger charge is 2.69. The number of anilines is 2. The predicted molar refractivity (Wildman–Crippen MR) is 143 cm³/mol. The molecule has 9 heteroatoms. The minimum Gasteiger partial charge on any atom is -0.378 e. The van der Waals surface area contributed by atoms with Crippen LogP contribution in [-0.4, -0.2) is 36.1 Å². The molecule has 36 heavy (non-hydrogen) atoms. The molecule has 7 atom stereocenters. The van der Waals surface area contributed by atoms with E-state index in [9.17, 15) is 14.4 Å². The second kappa shape index (κ2) is 7.97. The number of carbonyl (C=O) groups is 2. The number of thiazole rings is 1. The van der Waals surface area contributed by atoms with Gasteiger partial charge in [0.15, 0.2) is 0 Å². The lowest BCUT2D eigenvalue weighted by Crippen LogP contribution is -2.42. The summed E-state index contributed by atoms with van der Waals surface area (Å²) in [5, 5.41) is 1.70. The summed E-state index contributed by atoms with van der Waals surface area (Å²) < 4.78 is 0. The van der Waals surface area contributed by atoms with Crippen molar-refractivity contribution < 1.29 is 9.59 Å². The van der Waals surface area contributed by atoms with E-state index in [0.29, 0.717) is 10.7 Å². The minimum atomic E-state index is -0.305. The lowest BCUT2D eigenvalue weighted by molar-refractivity contribution is -0.123. The number of benzene rings is 2. The standard InChI is InChI=1S/C27H24ClN3O3S2/c1-30(2)14-7-3-12(4-8-14)18-19-16-11-17(22(19)35-24-23(18)36-27(34)29-24)21-20(16)25(32)31(26(21)33)15-9-5-13(28)6-10-15/h3-10,16-22H,11H2,1-2H3,(H,29,34)/t16-,17+,18-,19+,20+,21-,22-/m1/s1. The molecule has 1 saturated heterocycles. The summed E-state index contributed by atoms with van der Waals surface area (Å²) in [6.45, 7) is 0. The third-order valence-electron chi connectivity index (χ3n) is 8.58. The summed E-state index contributed by atoms with van der Waals surface area (Å²) in [6, 6.07) is 15.5. The van der Waals surface area contributed by atoms with Crippen LogP contribution in [-0.2, 0) is 9.59 Å². The molecule has 1 N–H and O–H groups in total. The average molecular weight is 538 g/mol. The van der Waals surface area contributed by atoms with Crippen LogP contribution in [0.2, 0.25) is 5.02 Å². The van der Waals surface area contributed by atoms with E-state index < -0.39 is 0 Å². The smallest absolute Gasteiger partial charge is 0.305 e. The van der Waals surface area contributed by atoms with Crippen molar-refractivity contribution in [2.24, 2.45) is 29.6 Å². The normalized spacial score (nSPS) is 32.0. The third kappa shape index (κ3) is 3.07. The molecule has 3 fully saturated rings. The van der Waals surface area contributed by atoms with E-state index in [-0.39, 0.29) is 57.4 Å². The lowest BCUT2D eigenvalue weighted by atomic mass is 9.68. The van der Waals surface area contributed by atoms with Crippen LogP contribution in [0.15, 0.2) is 58.4 Å². The van der Waals surface area contributed by atoms with Crippen LogP contribution in [0.1, 0.15) is 22.8 Å². The number of imide groups is 1. The van der Waals surface area contributed by atoms with Crippen molar-refractivity contribution in [3.63, 3.8) is 0 Å². The Morgan fingerprint density at radius 2 is 1.61 bits per heavy atom. The summed E-state index contributed by atoms with van der Waals surface area (Å²) in [4.78, 5) is 47.4. The molecular weight excluding hydrogens is 514 g/mol. The molecule has 3 heterocycles. The monoisotopic (exact) mass is 537 g/mol. The van der Waals surface area contributed by atoms with Crippen molar-refractivity contribution in [2.45, 2.75) is 22.6 Å². The zero-order valence-corrected chi connectivity index (χ0v) is 22.1. The molecule has 7 rings (SSSR count). The van der Waals surface area contributed by atoms with Gasteiger partial charge in [-0.2, -0.15) is 0 Å². The van der Waals surface area contributed by atoms with Crippen molar-refractivity contribution in [2.75, 3.05) is 23.9 Å². The number of nitrogens with one attached hydrogen (secondary N) is 1. The number of thioether (sulfide) groups is 1. The van der Waals surface area contributed by atoms with Crippen LogP contribution in [0.4, 0.5) is 11.4 Å². The van der Waals surface area contributed by atoms with Crippen molar-refractivity contribution in [1.29, 1.82) is 0 Å². The number of nitrogens with zero attached hydrogens (tertiary/aromatic N) is 2. The maximum absolute atomic E-state index is 13.8. The molecule has 2 amide bonds. The highest BCUT2D eigenvalue weighted by molar-refractivity contribution is 8.00. The van der Waals surface area contributed by atoms with E-state index in [2.05, 4.69) is 34.1 Å². The summed E-state index contributed by atoms with van der Waals surface area (Å²) in [7, 11) is 4.03. The van der Waals surface area contributed by atoms with E-state index in [1.807, 2.05) is 14.1 Å². The number of carbonyl (C=O) groups excluding carboxylic acids is 2. The van der Waals surface area contributed by atoms with Crippen LogP contribution in [0, 0.1) is 29.6 Å². The Bertz CT molecular complexity index is 1450. The lowest BCUT2D eigenvalue weighted by Gasteiger charge is -2.43. The summed E-state index contributed by atoms with van der Waals surface area (Å²) in [5.74, 6) is -0.314. The van der Waals surface area contributed by atoms with Gasteiger partial charge >= 0.3 is 4.87 Å². The Morgan fingerprint density at radius 3 is 2.28 bits per heavy atom. The van der Waals surface area contributed by atoms with Gasteiger partial charge in [0.2, 0.25) is 11.8 Å². The molecule has 0 spiro atoms. The predicted octanol–water partition coefficient (Wildman–Crippen LogP) is 4.83. The minimum absolute atomic E-state index is 0.0369. The number of rotatable bonds is 3. The van der Waals surface area contributed by atoms with Crippen molar-refractivity contribution in [3.8, 4) is 0 Å². The molecule has 0 radical (unpaired) electrons. The Morgan fingerprint density at radius 1 is 0.944 bits per heavy atom. The Kier molecular flexibility index (Phi) is 5.01. The molecule has 2 aliphatic carbocycles. The maximum atomic E-state index is 13.8. The third-order valence-corrected chi connectivity index (χ3v) is 11.4. The SMILES string of the molecule is CN(C)c1ccc([C@H]2c3sc(=O)[nH]c3S[C@@H]3[C@H]4C[C@@H]([C@@H]5C(=O)N(c6ccc(Cl)cc6)C(=O)[C@H]45)[C@@H]23)cc1. The van der Waals surface area contributed by atoms with Crippen LogP contribution in [0.3, 0.4) is 0 Å². The fourth-order valence-electron chi connectivity index (χ4n) is 7.21. The van der Waals surface area contributed by atoms with Crippen LogP contribution in [0.5, 0.6) is 0 Å². The zero-order valence-electron chi connectivity index (χ0n) is 19.7. The van der Waals surface area contributed by atoms with E-state index in [1.165, 1.54) is 21.8 Å². The van der Waals surface area contributed by atoms with Gasteiger partial charge in [-0.15, -0.1) is 11.8 Å².